The number of hydrogen-bond acceptors (Lipinski definition) is 0. The Morgan fingerprint density at radius 3 is 2.27 bits per heavy atom. The van der Waals surface area contributed by atoms with Crippen molar-refractivity contribution < 1.29 is 8.78 Å². The van der Waals surface area contributed by atoms with E-state index in [2.05, 4.69) is 13.8 Å². The van der Waals surface area contributed by atoms with E-state index in [1.807, 2.05) is 6.92 Å². The molecule has 0 aromatic carbocycles. The minimum atomic E-state index is -0.745. The van der Waals surface area contributed by atoms with Crippen LogP contribution in [0, 0.1) is 29.6 Å². The zero-order chi connectivity index (χ0) is 16.3. The van der Waals surface area contributed by atoms with Gasteiger partial charge in [-0.15, -0.1) is 11.6 Å². The third-order valence-corrected chi connectivity index (χ3v) is 6.52. The van der Waals surface area contributed by atoms with Gasteiger partial charge in [-0.1, -0.05) is 20.3 Å². The molecule has 2 saturated carbocycles. The van der Waals surface area contributed by atoms with Crippen molar-refractivity contribution in [2.24, 2.45) is 29.6 Å². The lowest BCUT2D eigenvalue weighted by Crippen LogP contribution is -2.38. The minimum absolute atomic E-state index is 0.119. The van der Waals surface area contributed by atoms with Crippen molar-refractivity contribution in [3.05, 3.63) is 0 Å². The average molecular weight is 335 g/mol. The van der Waals surface area contributed by atoms with Gasteiger partial charge in [-0.3, -0.25) is 0 Å². The number of hydrogen-bond donors (Lipinski definition) is 0. The molecule has 0 aromatic rings. The van der Waals surface area contributed by atoms with Gasteiger partial charge in [0.2, 0.25) is 0 Å². The molecule has 2 rings (SSSR count). The smallest absolute Gasteiger partial charge is 0.103 e. The van der Waals surface area contributed by atoms with Gasteiger partial charge in [0.15, 0.2) is 0 Å². The summed E-state index contributed by atoms with van der Waals surface area (Å²) in [5, 5.41) is 0.174. The Morgan fingerprint density at radius 2 is 1.68 bits per heavy atom. The van der Waals surface area contributed by atoms with Crippen LogP contribution in [-0.2, 0) is 0 Å². The van der Waals surface area contributed by atoms with Gasteiger partial charge in [-0.05, 0) is 81.5 Å². The predicted octanol–water partition coefficient (Wildman–Crippen LogP) is 6.56. The zero-order valence-electron chi connectivity index (χ0n) is 14.4. The van der Waals surface area contributed by atoms with Crippen LogP contribution in [0.5, 0.6) is 0 Å². The van der Waals surface area contributed by atoms with E-state index in [-0.39, 0.29) is 23.1 Å². The molecule has 130 valence electrons. The maximum atomic E-state index is 14.7. The van der Waals surface area contributed by atoms with Crippen LogP contribution < -0.4 is 0 Å². The van der Waals surface area contributed by atoms with Gasteiger partial charge in [-0.25, -0.2) is 8.78 Å². The van der Waals surface area contributed by atoms with Gasteiger partial charge in [0.1, 0.15) is 12.3 Å². The molecule has 0 nitrogen and oxygen atoms in total. The second kappa shape index (κ2) is 8.31. The summed E-state index contributed by atoms with van der Waals surface area (Å²) >= 11 is 6.01. The summed E-state index contributed by atoms with van der Waals surface area (Å²) < 4.78 is 29.0. The van der Waals surface area contributed by atoms with E-state index in [1.165, 1.54) is 0 Å². The molecule has 2 fully saturated rings. The molecule has 0 heterocycles. The van der Waals surface area contributed by atoms with E-state index in [0.29, 0.717) is 24.7 Å². The molecule has 2 aliphatic carbocycles. The van der Waals surface area contributed by atoms with Gasteiger partial charge in [0.05, 0.1) is 0 Å². The van der Waals surface area contributed by atoms with Crippen LogP contribution >= 0.6 is 11.6 Å². The van der Waals surface area contributed by atoms with Gasteiger partial charge < -0.3 is 0 Å². The predicted molar refractivity (Wildman–Crippen MR) is 90.8 cm³/mol. The van der Waals surface area contributed by atoms with Crippen LogP contribution in [-0.4, -0.2) is 17.7 Å². The maximum Gasteiger partial charge on any atom is 0.103 e. The van der Waals surface area contributed by atoms with E-state index < -0.39 is 12.3 Å². The molecule has 0 aliphatic heterocycles. The largest absolute Gasteiger partial charge is 0.247 e. The normalized spacial score (nSPS) is 42.8. The topological polar surface area (TPSA) is 0 Å². The monoisotopic (exact) mass is 334 g/mol. The van der Waals surface area contributed by atoms with Crippen molar-refractivity contribution in [2.75, 3.05) is 0 Å². The quantitative estimate of drug-likeness (QED) is 0.499. The van der Waals surface area contributed by atoms with Crippen LogP contribution in [0.1, 0.15) is 72.1 Å². The molecule has 0 aromatic heterocycles. The third kappa shape index (κ3) is 4.82. The Kier molecular flexibility index (Phi) is 6.98. The van der Waals surface area contributed by atoms with Crippen LogP contribution in [0.25, 0.3) is 0 Å². The molecule has 0 amide bonds. The van der Waals surface area contributed by atoms with E-state index in [0.717, 1.165) is 38.5 Å². The molecule has 0 spiro atoms. The lowest BCUT2D eigenvalue weighted by Gasteiger charge is -2.42. The van der Waals surface area contributed by atoms with E-state index in [4.69, 9.17) is 11.6 Å². The summed E-state index contributed by atoms with van der Waals surface area (Å²) in [7, 11) is 0. The summed E-state index contributed by atoms with van der Waals surface area (Å²) in [6.07, 6.45) is 5.83. The summed E-state index contributed by atoms with van der Waals surface area (Å²) in [5.41, 5.74) is 0. The number of halogens is 3. The highest BCUT2D eigenvalue weighted by atomic mass is 35.5. The van der Waals surface area contributed by atoms with Crippen LogP contribution in [0.2, 0.25) is 0 Å². The van der Waals surface area contributed by atoms with Gasteiger partial charge in [-0.2, -0.15) is 0 Å². The van der Waals surface area contributed by atoms with Crippen LogP contribution in [0.15, 0.2) is 0 Å². The fourth-order valence-corrected chi connectivity index (χ4v) is 4.90. The molecule has 22 heavy (non-hydrogen) atoms. The minimum Gasteiger partial charge on any atom is -0.247 e. The van der Waals surface area contributed by atoms with Crippen LogP contribution in [0.3, 0.4) is 0 Å². The summed E-state index contributed by atoms with van der Waals surface area (Å²) in [4.78, 5) is 0. The molecule has 0 N–H and O–H groups in total. The Labute approximate surface area is 140 Å². The second-order valence-electron chi connectivity index (χ2n) is 8.19. The summed E-state index contributed by atoms with van der Waals surface area (Å²) in [6.45, 7) is 6.30. The molecule has 8 unspecified atom stereocenters. The lowest BCUT2D eigenvalue weighted by molar-refractivity contribution is 0.0178. The van der Waals surface area contributed by atoms with E-state index in [1.54, 1.807) is 0 Å². The first-order valence-corrected chi connectivity index (χ1v) is 9.74. The number of rotatable bonds is 5. The average Bonchev–Trinajstić information content (AvgIpc) is 2.44. The van der Waals surface area contributed by atoms with Gasteiger partial charge in [0.25, 0.3) is 0 Å². The van der Waals surface area contributed by atoms with Crippen LogP contribution in [0.4, 0.5) is 8.78 Å². The Bertz CT molecular complexity index is 333. The van der Waals surface area contributed by atoms with Crippen molar-refractivity contribution in [3.8, 4) is 0 Å². The highest BCUT2D eigenvalue weighted by Crippen LogP contribution is 2.45. The number of alkyl halides is 3. The Hall–Kier alpha value is 0.150. The fraction of sp³-hybridized carbons (Fsp3) is 1.00. The van der Waals surface area contributed by atoms with Crippen molar-refractivity contribution in [3.63, 3.8) is 0 Å². The molecule has 2 aliphatic rings. The first kappa shape index (κ1) is 18.5. The van der Waals surface area contributed by atoms with E-state index >= 15 is 0 Å². The fourth-order valence-electron chi connectivity index (χ4n) is 4.77. The SMILES string of the molecule is CC(Cl)CCC(C)C1CCC(C2CCC(C)CC2F)CC1F. The molecule has 0 radical (unpaired) electrons. The van der Waals surface area contributed by atoms with Crippen molar-refractivity contribution >= 4 is 11.6 Å². The first-order valence-electron chi connectivity index (χ1n) is 9.30. The molecular formula is C19H33ClF2. The molecule has 0 saturated heterocycles. The third-order valence-electron chi connectivity index (χ3n) is 6.30. The maximum absolute atomic E-state index is 14.7. The Balaban J connectivity index is 1.84. The van der Waals surface area contributed by atoms with Gasteiger partial charge in [0, 0.05) is 5.38 Å². The highest BCUT2D eigenvalue weighted by Gasteiger charge is 2.40. The molecular weight excluding hydrogens is 302 g/mol. The van der Waals surface area contributed by atoms with Crippen molar-refractivity contribution in [2.45, 2.75) is 89.9 Å². The summed E-state index contributed by atoms with van der Waals surface area (Å²) in [6, 6.07) is 0. The first-order chi connectivity index (χ1) is 10.4. The lowest BCUT2D eigenvalue weighted by atomic mass is 9.66. The standard InChI is InChI=1S/C19H33ClF2/c1-12-4-8-17(18(21)10-12)15-7-9-16(19(22)11-15)13(2)5-6-14(3)20/h12-19H,4-11H2,1-3H3. The van der Waals surface area contributed by atoms with E-state index in [9.17, 15) is 8.78 Å². The second-order valence-corrected chi connectivity index (χ2v) is 8.93. The Morgan fingerprint density at radius 1 is 0.955 bits per heavy atom. The zero-order valence-corrected chi connectivity index (χ0v) is 15.2. The highest BCUT2D eigenvalue weighted by molar-refractivity contribution is 6.20. The molecule has 3 heteroatoms. The van der Waals surface area contributed by atoms with Crippen molar-refractivity contribution in [1.29, 1.82) is 0 Å². The van der Waals surface area contributed by atoms with Gasteiger partial charge >= 0.3 is 0 Å². The van der Waals surface area contributed by atoms with Crippen molar-refractivity contribution in [1.82, 2.24) is 0 Å². The molecule has 8 atom stereocenters. The molecule has 0 bridgehead atoms. The summed E-state index contributed by atoms with van der Waals surface area (Å²) in [5.74, 6) is 1.44.